The molecule has 1 aromatic carbocycles. The van der Waals surface area contributed by atoms with Gasteiger partial charge in [0, 0.05) is 11.3 Å². The Hall–Kier alpha value is -1.41. The molecule has 0 saturated carbocycles. The molecule has 118 valence electrons. The van der Waals surface area contributed by atoms with Crippen molar-refractivity contribution < 1.29 is 0 Å². The molecule has 2 rings (SSSR count). The zero-order chi connectivity index (χ0) is 16.2. The lowest BCUT2D eigenvalue weighted by molar-refractivity contribution is 0.718. The molecule has 0 fully saturated rings. The van der Waals surface area contributed by atoms with Crippen molar-refractivity contribution >= 4 is 13.3 Å². The molecule has 1 heterocycles. The molecule has 0 aliphatic rings. The summed E-state index contributed by atoms with van der Waals surface area (Å²) < 4.78 is 0. The highest BCUT2D eigenvalue weighted by Crippen LogP contribution is 2.21. The summed E-state index contributed by atoms with van der Waals surface area (Å²) in [6, 6.07) is 12.9. The number of aryl methyl sites for hydroxylation is 2. The van der Waals surface area contributed by atoms with Crippen LogP contribution < -0.4 is 5.19 Å². The molecular formula is C20H29NSi. The highest BCUT2D eigenvalue weighted by atomic mass is 28.3. The topological polar surface area (TPSA) is 12.9 Å². The number of aromatic nitrogens is 1. The quantitative estimate of drug-likeness (QED) is 0.518. The molecule has 0 aliphatic heterocycles. The van der Waals surface area contributed by atoms with Crippen molar-refractivity contribution in [3.05, 3.63) is 47.7 Å². The van der Waals surface area contributed by atoms with Crippen LogP contribution in [0.5, 0.6) is 0 Å². The number of rotatable bonds is 6. The molecule has 2 heteroatoms. The molecular weight excluding hydrogens is 282 g/mol. The Morgan fingerprint density at radius 2 is 1.68 bits per heavy atom. The third-order valence-electron chi connectivity index (χ3n) is 4.15. The Bertz CT molecular complexity index is 612. The summed E-state index contributed by atoms with van der Waals surface area (Å²) in [7, 11) is -1.37. The van der Waals surface area contributed by atoms with Crippen LogP contribution in [-0.4, -0.2) is 13.1 Å². The summed E-state index contributed by atoms with van der Waals surface area (Å²) in [5.41, 5.74) is 5.14. The van der Waals surface area contributed by atoms with Crippen molar-refractivity contribution in [1.82, 2.24) is 4.98 Å². The maximum absolute atomic E-state index is 4.93. The maximum atomic E-state index is 4.93. The lowest BCUT2D eigenvalue weighted by atomic mass is 10.0. The summed E-state index contributed by atoms with van der Waals surface area (Å²) in [6.07, 6.45) is 5.06. The van der Waals surface area contributed by atoms with Crippen molar-refractivity contribution in [2.45, 2.75) is 59.2 Å². The summed E-state index contributed by atoms with van der Waals surface area (Å²) in [5.74, 6) is 0. The zero-order valence-electron chi connectivity index (χ0n) is 14.7. The molecule has 0 saturated heterocycles. The van der Waals surface area contributed by atoms with Gasteiger partial charge in [-0.1, -0.05) is 69.7 Å². The van der Waals surface area contributed by atoms with Crippen LogP contribution >= 0.6 is 0 Å². The molecule has 0 unspecified atom stereocenters. The van der Waals surface area contributed by atoms with E-state index in [2.05, 4.69) is 69.9 Å². The number of pyridine rings is 1. The molecule has 22 heavy (non-hydrogen) atoms. The van der Waals surface area contributed by atoms with Crippen LogP contribution in [0.15, 0.2) is 36.4 Å². The fourth-order valence-electron chi connectivity index (χ4n) is 3.28. The van der Waals surface area contributed by atoms with Gasteiger partial charge in [0.2, 0.25) is 0 Å². The van der Waals surface area contributed by atoms with E-state index >= 15 is 0 Å². The van der Waals surface area contributed by atoms with Crippen LogP contribution in [0.2, 0.25) is 19.6 Å². The summed E-state index contributed by atoms with van der Waals surface area (Å²) in [5, 5.41) is 1.57. The van der Waals surface area contributed by atoms with Gasteiger partial charge in [0.1, 0.15) is 0 Å². The predicted octanol–water partition coefficient (Wildman–Crippen LogP) is 5.33. The SMILES string of the molecule is CCCCCc1cc(-c2ccccc2)nc(C)c1[Si](C)(C)C. The number of hydrogen-bond acceptors (Lipinski definition) is 1. The second kappa shape index (κ2) is 7.23. The Morgan fingerprint density at radius 1 is 1.00 bits per heavy atom. The molecule has 0 N–H and O–H groups in total. The van der Waals surface area contributed by atoms with Crippen molar-refractivity contribution in [3.63, 3.8) is 0 Å². The first-order valence-corrected chi connectivity index (χ1v) is 12.0. The van der Waals surface area contributed by atoms with Gasteiger partial charge in [-0.2, -0.15) is 0 Å². The fraction of sp³-hybridized carbons (Fsp3) is 0.450. The maximum Gasteiger partial charge on any atom is 0.0803 e. The average molecular weight is 312 g/mol. The number of unbranched alkanes of at least 4 members (excludes halogenated alkanes) is 2. The minimum Gasteiger partial charge on any atom is -0.253 e. The number of nitrogens with zero attached hydrogens (tertiary/aromatic N) is 1. The first-order valence-electron chi connectivity index (χ1n) is 8.50. The largest absolute Gasteiger partial charge is 0.253 e. The normalized spacial score (nSPS) is 11.7. The molecule has 1 nitrogen and oxygen atoms in total. The van der Waals surface area contributed by atoms with Gasteiger partial charge in [0.15, 0.2) is 0 Å². The van der Waals surface area contributed by atoms with Crippen molar-refractivity contribution in [1.29, 1.82) is 0 Å². The average Bonchev–Trinajstić information content (AvgIpc) is 2.46. The highest BCUT2D eigenvalue weighted by Gasteiger charge is 2.24. The van der Waals surface area contributed by atoms with Gasteiger partial charge in [-0.15, -0.1) is 0 Å². The van der Waals surface area contributed by atoms with Crippen LogP contribution in [0.4, 0.5) is 0 Å². The predicted molar refractivity (Wildman–Crippen MR) is 101 cm³/mol. The van der Waals surface area contributed by atoms with Gasteiger partial charge < -0.3 is 0 Å². The molecule has 0 radical (unpaired) electrons. The van der Waals surface area contributed by atoms with Crippen molar-refractivity contribution in [2.24, 2.45) is 0 Å². The van der Waals surface area contributed by atoms with Gasteiger partial charge in [-0.3, -0.25) is 4.98 Å². The summed E-state index contributed by atoms with van der Waals surface area (Å²) in [6.45, 7) is 11.8. The van der Waals surface area contributed by atoms with Gasteiger partial charge in [0.25, 0.3) is 0 Å². The van der Waals surface area contributed by atoms with E-state index < -0.39 is 8.07 Å². The molecule has 0 amide bonds. The van der Waals surface area contributed by atoms with Crippen LogP contribution in [0, 0.1) is 6.92 Å². The Morgan fingerprint density at radius 3 is 2.27 bits per heavy atom. The van der Waals surface area contributed by atoms with E-state index in [1.807, 2.05) is 0 Å². The van der Waals surface area contributed by atoms with Crippen LogP contribution in [-0.2, 0) is 6.42 Å². The van der Waals surface area contributed by atoms with Gasteiger partial charge in [-0.05, 0) is 36.6 Å². The van der Waals surface area contributed by atoms with Crippen LogP contribution in [0.3, 0.4) is 0 Å². The van der Waals surface area contributed by atoms with E-state index in [4.69, 9.17) is 4.98 Å². The summed E-state index contributed by atoms with van der Waals surface area (Å²) >= 11 is 0. The molecule has 0 atom stereocenters. The Labute approximate surface area is 136 Å². The minimum atomic E-state index is -1.37. The van der Waals surface area contributed by atoms with Crippen LogP contribution in [0.25, 0.3) is 11.3 Å². The van der Waals surface area contributed by atoms with E-state index in [0.717, 1.165) is 5.69 Å². The van der Waals surface area contributed by atoms with E-state index in [0.29, 0.717) is 0 Å². The first kappa shape index (κ1) is 16.9. The fourth-order valence-corrected chi connectivity index (χ4v) is 5.58. The molecule has 2 aromatic rings. The monoisotopic (exact) mass is 311 g/mol. The summed E-state index contributed by atoms with van der Waals surface area (Å²) in [4.78, 5) is 4.93. The molecule has 0 aliphatic carbocycles. The standard InChI is InChI=1S/C20H29NSi/c1-6-7-9-14-18-15-19(17-12-10-8-11-13-17)21-16(2)20(18)22(3,4)5/h8,10-13,15H,6-7,9,14H2,1-5H3. The van der Waals surface area contributed by atoms with Gasteiger partial charge in [0.05, 0.1) is 13.8 Å². The lowest BCUT2D eigenvalue weighted by Gasteiger charge is -2.24. The van der Waals surface area contributed by atoms with E-state index in [1.54, 1.807) is 10.8 Å². The Balaban J connectivity index is 2.48. The highest BCUT2D eigenvalue weighted by molar-refractivity contribution is 6.89. The van der Waals surface area contributed by atoms with Crippen molar-refractivity contribution in [3.8, 4) is 11.3 Å². The van der Waals surface area contributed by atoms with Gasteiger partial charge >= 0.3 is 0 Å². The number of hydrogen-bond donors (Lipinski definition) is 0. The lowest BCUT2D eigenvalue weighted by Crippen LogP contribution is -2.42. The third-order valence-corrected chi connectivity index (χ3v) is 6.33. The second-order valence-electron chi connectivity index (χ2n) is 7.20. The molecule has 1 aromatic heterocycles. The van der Waals surface area contributed by atoms with E-state index in [9.17, 15) is 0 Å². The first-order chi connectivity index (χ1) is 10.4. The number of benzene rings is 1. The molecule has 0 spiro atoms. The van der Waals surface area contributed by atoms with E-state index in [1.165, 1.54) is 36.9 Å². The second-order valence-corrected chi connectivity index (χ2v) is 12.2. The van der Waals surface area contributed by atoms with E-state index in [-0.39, 0.29) is 0 Å². The third kappa shape index (κ3) is 4.07. The Kier molecular flexibility index (Phi) is 5.57. The van der Waals surface area contributed by atoms with Crippen molar-refractivity contribution in [2.75, 3.05) is 0 Å². The minimum absolute atomic E-state index is 1.13. The van der Waals surface area contributed by atoms with Crippen LogP contribution in [0.1, 0.15) is 37.4 Å². The van der Waals surface area contributed by atoms with Gasteiger partial charge in [-0.25, -0.2) is 0 Å². The smallest absolute Gasteiger partial charge is 0.0803 e. The zero-order valence-corrected chi connectivity index (χ0v) is 15.7. The molecule has 0 bridgehead atoms.